The summed E-state index contributed by atoms with van der Waals surface area (Å²) in [6.45, 7) is 7.44. The maximum absolute atomic E-state index is 15.0. The topological polar surface area (TPSA) is 93.1 Å². The Labute approximate surface area is 286 Å². The number of carbonyl (C=O) groups is 1. The average Bonchev–Trinajstić information content (AvgIpc) is 3.65. The minimum Gasteiger partial charge on any atom is -0.486 e. The Kier molecular flexibility index (Phi) is 10.1. The van der Waals surface area contributed by atoms with Crippen molar-refractivity contribution in [3.63, 3.8) is 0 Å². The Morgan fingerprint density at radius 3 is 2.67 bits per heavy atom. The van der Waals surface area contributed by atoms with Crippen molar-refractivity contribution < 1.29 is 18.7 Å². The number of ether oxygens (including phenoxy) is 2. The van der Waals surface area contributed by atoms with Crippen molar-refractivity contribution in [3.05, 3.63) is 42.2 Å². The number of amides is 1. The predicted molar refractivity (Wildman–Crippen MR) is 182 cm³/mol. The van der Waals surface area contributed by atoms with E-state index in [1.54, 1.807) is 12.1 Å². The molecule has 1 amide bonds. The van der Waals surface area contributed by atoms with Crippen molar-refractivity contribution in [1.82, 2.24) is 25.3 Å². The van der Waals surface area contributed by atoms with Crippen molar-refractivity contribution in [2.45, 2.75) is 126 Å². The van der Waals surface area contributed by atoms with Crippen LogP contribution in [0.4, 0.5) is 4.39 Å². The molecule has 2 aliphatic carbocycles. The van der Waals surface area contributed by atoms with E-state index >= 15 is 4.39 Å². The van der Waals surface area contributed by atoms with Crippen LogP contribution in [0.5, 0.6) is 5.75 Å². The summed E-state index contributed by atoms with van der Waals surface area (Å²) in [5.41, 5.74) is -0.123. The van der Waals surface area contributed by atoms with Crippen LogP contribution in [0.3, 0.4) is 0 Å². The Morgan fingerprint density at radius 2 is 1.94 bits per heavy atom. The summed E-state index contributed by atoms with van der Waals surface area (Å²) in [4.78, 5) is 19.9. The first-order valence-electron chi connectivity index (χ1n) is 18.7. The predicted octanol–water partition coefficient (Wildman–Crippen LogP) is 4.92. The van der Waals surface area contributed by atoms with E-state index in [-0.39, 0.29) is 48.2 Å². The molecule has 262 valence electrons. The molecule has 1 spiro atoms. The van der Waals surface area contributed by atoms with Crippen molar-refractivity contribution in [1.29, 1.82) is 5.26 Å². The Bertz CT molecular complexity index is 1360. The van der Waals surface area contributed by atoms with E-state index in [1.165, 1.54) is 44.6 Å². The number of fused-ring (bicyclic) bond motifs is 2. The molecule has 7 atom stereocenters. The fraction of sp³-hybridized carbons (Fsp3) is 0.737. The summed E-state index contributed by atoms with van der Waals surface area (Å²) < 4.78 is 28.5. The molecule has 7 rings (SSSR count). The Balaban J connectivity index is 1.25. The van der Waals surface area contributed by atoms with Gasteiger partial charge in [-0.25, -0.2) is 4.39 Å². The molecular weight excluding hydrogens is 607 g/mol. The third-order valence-electron chi connectivity index (χ3n) is 12.8. The number of hydrogen-bond acceptors (Lipinski definition) is 8. The third kappa shape index (κ3) is 6.42. The van der Waals surface area contributed by atoms with Gasteiger partial charge < -0.3 is 19.3 Å². The van der Waals surface area contributed by atoms with Crippen LogP contribution in [-0.4, -0.2) is 96.2 Å². The molecule has 1 aromatic rings. The van der Waals surface area contributed by atoms with Gasteiger partial charge in [-0.3, -0.25) is 20.3 Å². The number of nitrogens with zero attached hydrogens (tertiary/aromatic N) is 4. The van der Waals surface area contributed by atoms with Gasteiger partial charge in [0, 0.05) is 56.0 Å². The second kappa shape index (κ2) is 14.4. The van der Waals surface area contributed by atoms with Crippen LogP contribution in [0.1, 0.15) is 89.0 Å². The number of piperazine rings is 1. The molecule has 4 heterocycles. The normalized spacial score (nSPS) is 36.4. The largest absolute Gasteiger partial charge is 0.486 e. The number of likely N-dealkylation sites (tertiary alicyclic amines) is 1. The molecule has 1 aromatic carbocycles. The molecule has 2 saturated carbocycles. The molecule has 0 bridgehead atoms. The number of nitriles is 1. The monoisotopic (exact) mass is 662 g/mol. The van der Waals surface area contributed by atoms with Gasteiger partial charge in [0.25, 0.3) is 0 Å². The lowest BCUT2D eigenvalue weighted by Crippen LogP contribution is -2.82. The van der Waals surface area contributed by atoms with Gasteiger partial charge in [-0.15, -0.1) is 0 Å². The Hall–Kier alpha value is -2.55. The van der Waals surface area contributed by atoms with Crippen molar-refractivity contribution in [2.24, 2.45) is 11.8 Å². The molecule has 6 aliphatic rings. The highest BCUT2D eigenvalue weighted by atomic mass is 19.1. The SMILES string of the molecule is C=CC(=O)N1CCN(C2(C3CCCCCCC3)NC(OCC3CCCN3C)NC3C[C@@]4(CCC32)Cc2c(F)cccc2O4)CC1CC#N. The quantitative estimate of drug-likeness (QED) is 0.398. The number of nitrogens with one attached hydrogen (secondary N) is 2. The highest BCUT2D eigenvalue weighted by Crippen LogP contribution is 2.52. The first-order valence-corrected chi connectivity index (χ1v) is 18.7. The summed E-state index contributed by atoms with van der Waals surface area (Å²) >= 11 is 0. The fourth-order valence-corrected chi connectivity index (χ4v) is 10.4. The molecule has 48 heavy (non-hydrogen) atoms. The minimum absolute atomic E-state index is 0.0939. The second-order valence-electron chi connectivity index (χ2n) is 15.5. The van der Waals surface area contributed by atoms with Gasteiger partial charge in [0.15, 0.2) is 6.35 Å². The van der Waals surface area contributed by atoms with E-state index in [9.17, 15) is 10.1 Å². The highest BCUT2D eigenvalue weighted by Gasteiger charge is 2.61. The second-order valence-corrected chi connectivity index (χ2v) is 15.5. The summed E-state index contributed by atoms with van der Waals surface area (Å²) in [6.07, 6.45) is 15.3. The molecule has 9 nitrogen and oxygen atoms in total. The fourth-order valence-electron chi connectivity index (χ4n) is 10.4. The highest BCUT2D eigenvalue weighted by molar-refractivity contribution is 5.87. The molecule has 6 unspecified atom stereocenters. The lowest BCUT2D eigenvalue weighted by molar-refractivity contribution is -0.190. The Morgan fingerprint density at radius 1 is 1.12 bits per heavy atom. The molecule has 5 fully saturated rings. The van der Waals surface area contributed by atoms with Gasteiger partial charge in [-0.05, 0) is 76.2 Å². The van der Waals surface area contributed by atoms with E-state index in [4.69, 9.17) is 9.47 Å². The van der Waals surface area contributed by atoms with E-state index in [2.05, 4.69) is 40.1 Å². The third-order valence-corrected chi connectivity index (χ3v) is 12.8. The van der Waals surface area contributed by atoms with Gasteiger partial charge in [0.1, 0.15) is 17.2 Å². The van der Waals surface area contributed by atoms with Gasteiger partial charge in [-0.2, -0.15) is 5.26 Å². The first-order chi connectivity index (χ1) is 23.4. The number of likely N-dealkylation sites (N-methyl/N-ethyl adjacent to an activating group) is 1. The van der Waals surface area contributed by atoms with Gasteiger partial charge >= 0.3 is 0 Å². The number of rotatable bonds is 7. The van der Waals surface area contributed by atoms with Crippen LogP contribution in [0.2, 0.25) is 0 Å². The molecule has 3 saturated heterocycles. The number of benzene rings is 1. The van der Waals surface area contributed by atoms with Crippen LogP contribution in [0.15, 0.2) is 30.9 Å². The van der Waals surface area contributed by atoms with Crippen molar-refractivity contribution in [2.75, 3.05) is 39.8 Å². The average molecular weight is 663 g/mol. The zero-order chi connectivity index (χ0) is 33.3. The summed E-state index contributed by atoms with van der Waals surface area (Å²) in [6, 6.07) is 7.88. The van der Waals surface area contributed by atoms with Crippen LogP contribution < -0.4 is 15.4 Å². The minimum atomic E-state index is -0.447. The van der Waals surface area contributed by atoms with Gasteiger partial charge in [0.2, 0.25) is 5.91 Å². The van der Waals surface area contributed by atoms with Crippen molar-refractivity contribution in [3.8, 4) is 11.8 Å². The van der Waals surface area contributed by atoms with Gasteiger partial charge in [0.05, 0.1) is 30.8 Å². The van der Waals surface area contributed by atoms with E-state index < -0.39 is 5.60 Å². The zero-order valence-corrected chi connectivity index (χ0v) is 28.8. The summed E-state index contributed by atoms with van der Waals surface area (Å²) in [7, 11) is 2.19. The van der Waals surface area contributed by atoms with Crippen molar-refractivity contribution >= 4 is 5.91 Å². The maximum Gasteiger partial charge on any atom is 0.246 e. The van der Waals surface area contributed by atoms with Crippen LogP contribution in [-0.2, 0) is 16.0 Å². The van der Waals surface area contributed by atoms with Gasteiger partial charge in [-0.1, -0.05) is 44.7 Å². The molecule has 0 aromatic heterocycles. The lowest BCUT2D eigenvalue weighted by atomic mass is 9.62. The smallest absolute Gasteiger partial charge is 0.246 e. The van der Waals surface area contributed by atoms with Crippen LogP contribution in [0.25, 0.3) is 0 Å². The van der Waals surface area contributed by atoms with E-state index in [0.717, 1.165) is 51.6 Å². The molecule has 4 aliphatic heterocycles. The molecule has 10 heteroatoms. The maximum atomic E-state index is 15.0. The summed E-state index contributed by atoms with van der Waals surface area (Å²) in [5, 5.41) is 18.0. The molecular formula is C38H55FN6O3. The lowest BCUT2D eigenvalue weighted by Gasteiger charge is -2.64. The van der Waals surface area contributed by atoms with E-state index in [0.29, 0.717) is 49.4 Å². The van der Waals surface area contributed by atoms with E-state index in [1.807, 2.05) is 11.0 Å². The molecule has 0 radical (unpaired) electrons. The first kappa shape index (κ1) is 33.9. The number of halogens is 1. The van der Waals surface area contributed by atoms with Crippen LogP contribution >= 0.6 is 0 Å². The zero-order valence-electron chi connectivity index (χ0n) is 28.8. The number of hydrogen-bond donors (Lipinski definition) is 2. The molecule has 2 N–H and O–H groups in total. The summed E-state index contributed by atoms with van der Waals surface area (Å²) in [5.74, 6) is 1.06. The van der Waals surface area contributed by atoms with Crippen LogP contribution in [0, 0.1) is 29.0 Å². The standard InChI is InChI=1S/C38H55FN6O3/c1-3-35(46)45-22-21-44(25-28(45)17-19-40)38(27-11-7-5-4-6-8-12-27)31-16-18-37(23-30-32(39)14-9-15-34(30)48-37)24-33(31)41-36(42-38)47-26-29-13-10-20-43(29)2/h3,9,14-15,27-29,31,33,36,41-42H,1,4-8,10-13,16-18,20-26H2,2H3/t28?,29?,31?,33?,36?,37-,38?/m1/s1. The number of carbonyl (C=O) groups excluding carboxylic acids is 1.